The van der Waals surface area contributed by atoms with Gasteiger partial charge in [-0.2, -0.15) is 0 Å². The highest BCUT2D eigenvalue weighted by atomic mass is 16.1. The van der Waals surface area contributed by atoms with E-state index in [1.165, 1.54) is 0 Å². The normalized spacial score (nSPS) is 21.0. The zero-order valence-corrected chi connectivity index (χ0v) is 17.5. The molecule has 5 nitrogen and oxygen atoms in total. The smallest absolute Gasteiger partial charge is 0.251 e. The SMILES string of the molecule is O=C(NC1CCNCC1)c1cccc([C@@H]2C[C@H]2C(=O)Cc2ccc3cnccc3c2)c1. The quantitative estimate of drug-likeness (QED) is 0.647. The zero-order chi connectivity index (χ0) is 21.2. The molecule has 2 fully saturated rings. The Hall–Kier alpha value is -3.05. The van der Waals surface area contributed by atoms with E-state index in [-0.39, 0.29) is 29.6 Å². The number of pyridine rings is 1. The third kappa shape index (κ3) is 4.52. The number of amides is 1. The molecule has 0 radical (unpaired) electrons. The standard InChI is InChI=1S/C26H27N3O2/c30-25(13-17-4-5-21-16-28-9-6-18(21)12-17)24-15-23(24)19-2-1-3-20(14-19)26(31)29-22-7-10-27-11-8-22/h1-6,9,12,14,16,22-24,27H,7-8,10-11,13,15H2,(H,29,31)/t23-,24+/m0/s1. The Morgan fingerprint density at radius 3 is 2.77 bits per heavy atom. The van der Waals surface area contributed by atoms with Crippen LogP contribution < -0.4 is 10.6 Å². The summed E-state index contributed by atoms with van der Waals surface area (Å²) < 4.78 is 0. The lowest BCUT2D eigenvalue weighted by atomic mass is 9.99. The average Bonchev–Trinajstić information content (AvgIpc) is 3.61. The number of carbonyl (C=O) groups excluding carboxylic acids is 2. The number of ketones is 1. The highest BCUT2D eigenvalue weighted by Crippen LogP contribution is 2.48. The number of aromatic nitrogens is 1. The maximum absolute atomic E-state index is 12.9. The van der Waals surface area contributed by atoms with E-state index in [9.17, 15) is 9.59 Å². The molecule has 1 aliphatic carbocycles. The van der Waals surface area contributed by atoms with Crippen molar-refractivity contribution in [2.45, 2.75) is 37.6 Å². The largest absolute Gasteiger partial charge is 0.349 e. The fraction of sp³-hybridized carbons (Fsp3) is 0.346. The van der Waals surface area contributed by atoms with Gasteiger partial charge in [0, 0.05) is 41.7 Å². The Labute approximate surface area is 182 Å². The van der Waals surface area contributed by atoms with Crippen LogP contribution in [0.15, 0.2) is 60.9 Å². The summed E-state index contributed by atoms with van der Waals surface area (Å²) in [7, 11) is 0. The number of Topliss-reactive ketones (excluding diaryl/α,β-unsaturated/α-hetero) is 1. The summed E-state index contributed by atoms with van der Waals surface area (Å²) >= 11 is 0. The van der Waals surface area contributed by atoms with Crippen LogP contribution in [0.2, 0.25) is 0 Å². The van der Waals surface area contributed by atoms with Crippen LogP contribution in [-0.2, 0) is 11.2 Å². The number of fused-ring (bicyclic) bond motifs is 1. The van der Waals surface area contributed by atoms with Crippen LogP contribution in [0.5, 0.6) is 0 Å². The Morgan fingerprint density at radius 1 is 1.03 bits per heavy atom. The van der Waals surface area contributed by atoms with Gasteiger partial charge in [-0.15, -0.1) is 0 Å². The fourth-order valence-electron chi connectivity index (χ4n) is 4.64. The van der Waals surface area contributed by atoms with E-state index in [1.54, 1.807) is 6.20 Å². The second-order valence-corrected chi connectivity index (χ2v) is 8.77. The van der Waals surface area contributed by atoms with Crippen LogP contribution >= 0.6 is 0 Å². The number of piperidine rings is 1. The number of hydrogen-bond acceptors (Lipinski definition) is 4. The van der Waals surface area contributed by atoms with Gasteiger partial charge in [0.05, 0.1) is 0 Å². The monoisotopic (exact) mass is 413 g/mol. The number of benzene rings is 2. The molecule has 2 aromatic carbocycles. The molecule has 1 saturated heterocycles. The molecule has 1 aromatic heterocycles. The molecule has 1 aliphatic heterocycles. The summed E-state index contributed by atoms with van der Waals surface area (Å²) in [5.74, 6) is 0.547. The van der Waals surface area contributed by atoms with Gasteiger partial charge in [0.15, 0.2) is 0 Å². The Balaban J connectivity index is 1.22. The van der Waals surface area contributed by atoms with Gasteiger partial charge < -0.3 is 10.6 Å². The Kier molecular flexibility index (Phi) is 5.51. The van der Waals surface area contributed by atoms with Crippen molar-refractivity contribution in [3.63, 3.8) is 0 Å². The molecule has 2 aliphatic rings. The zero-order valence-electron chi connectivity index (χ0n) is 17.5. The minimum Gasteiger partial charge on any atom is -0.349 e. The third-order valence-corrected chi connectivity index (χ3v) is 6.54. The topological polar surface area (TPSA) is 71.1 Å². The maximum atomic E-state index is 12.9. The van der Waals surface area contributed by atoms with Gasteiger partial charge in [-0.05, 0) is 73.0 Å². The minimum absolute atomic E-state index is 0.0112. The Bertz CT molecular complexity index is 1120. The van der Waals surface area contributed by atoms with Gasteiger partial charge in [-0.25, -0.2) is 0 Å². The van der Waals surface area contributed by atoms with E-state index in [0.29, 0.717) is 12.0 Å². The highest BCUT2D eigenvalue weighted by molar-refractivity contribution is 5.95. The average molecular weight is 414 g/mol. The van der Waals surface area contributed by atoms with E-state index in [1.807, 2.05) is 48.7 Å². The van der Waals surface area contributed by atoms with Crippen molar-refractivity contribution in [1.82, 2.24) is 15.6 Å². The van der Waals surface area contributed by atoms with Crippen LogP contribution in [0.25, 0.3) is 10.8 Å². The summed E-state index contributed by atoms with van der Waals surface area (Å²) in [6.07, 6.45) is 6.88. The van der Waals surface area contributed by atoms with Crippen molar-refractivity contribution < 1.29 is 9.59 Å². The molecule has 2 N–H and O–H groups in total. The first-order valence-corrected chi connectivity index (χ1v) is 11.1. The first kappa shape index (κ1) is 19.9. The molecular formula is C26H27N3O2. The molecule has 3 aromatic rings. The molecule has 5 heteroatoms. The van der Waals surface area contributed by atoms with Crippen LogP contribution in [0.3, 0.4) is 0 Å². The summed E-state index contributed by atoms with van der Waals surface area (Å²) in [6.45, 7) is 1.90. The second-order valence-electron chi connectivity index (χ2n) is 8.77. The predicted molar refractivity (Wildman–Crippen MR) is 121 cm³/mol. The highest BCUT2D eigenvalue weighted by Gasteiger charge is 2.43. The van der Waals surface area contributed by atoms with E-state index in [2.05, 4.69) is 21.7 Å². The van der Waals surface area contributed by atoms with Gasteiger partial charge in [0.2, 0.25) is 0 Å². The number of rotatable bonds is 6. The summed E-state index contributed by atoms with van der Waals surface area (Å²) in [5, 5.41) is 8.66. The van der Waals surface area contributed by atoms with Gasteiger partial charge in [0.1, 0.15) is 5.78 Å². The molecule has 158 valence electrons. The van der Waals surface area contributed by atoms with Gasteiger partial charge in [0.25, 0.3) is 5.91 Å². The molecule has 2 atom stereocenters. The van der Waals surface area contributed by atoms with Crippen molar-refractivity contribution in [1.29, 1.82) is 0 Å². The molecule has 0 spiro atoms. The summed E-state index contributed by atoms with van der Waals surface area (Å²) in [4.78, 5) is 29.7. The van der Waals surface area contributed by atoms with Crippen molar-refractivity contribution in [2.24, 2.45) is 5.92 Å². The lowest BCUT2D eigenvalue weighted by molar-refractivity contribution is -0.119. The van der Waals surface area contributed by atoms with Crippen molar-refractivity contribution in [3.05, 3.63) is 77.6 Å². The molecule has 31 heavy (non-hydrogen) atoms. The van der Waals surface area contributed by atoms with Crippen LogP contribution in [-0.4, -0.2) is 35.8 Å². The molecular weight excluding hydrogens is 386 g/mol. The molecule has 2 heterocycles. The van der Waals surface area contributed by atoms with Crippen molar-refractivity contribution in [2.75, 3.05) is 13.1 Å². The van der Waals surface area contributed by atoms with Crippen LogP contribution in [0, 0.1) is 5.92 Å². The van der Waals surface area contributed by atoms with Crippen molar-refractivity contribution >= 4 is 22.5 Å². The summed E-state index contributed by atoms with van der Waals surface area (Å²) in [5.41, 5.74) is 2.84. The molecule has 5 rings (SSSR count). The number of nitrogens with one attached hydrogen (secondary N) is 2. The lowest BCUT2D eigenvalue weighted by Gasteiger charge is -2.23. The fourth-order valence-corrected chi connectivity index (χ4v) is 4.64. The predicted octanol–water partition coefficient (Wildman–Crippen LogP) is 3.63. The number of nitrogens with zero attached hydrogens (tertiary/aromatic N) is 1. The van der Waals surface area contributed by atoms with Gasteiger partial charge >= 0.3 is 0 Å². The first-order chi connectivity index (χ1) is 15.2. The maximum Gasteiger partial charge on any atom is 0.251 e. The third-order valence-electron chi connectivity index (χ3n) is 6.54. The van der Waals surface area contributed by atoms with E-state index >= 15 is 0 Å². The van der Waals surface area contributed by atoms with Gasteiger partial charge in [-0.1, -0.05) is 30.3 Å². The van der Waals surface area contributed by atoms with E-state index in [4.69, 9.17) is 0 Å². The molecule has 1 amide bonds. The minimum atomic E-state index is -0.0112. The first-order valence-electron chi connectivity index (χ1n) is 11.1. The molecule has 0 unspecified atom stereocenters. The molecule has 0 bridgehead atoms. The van der Waals surface area contributed by atoms with Gasteiger partial charge in [-0.3, -0.25) is 14.6 Å². The van der Waals surface area contributed by atoms with Crippen molar-refractivity contribution in [3.8, 4) is 0 Å². The van der Waals surface area contributed by atoms with E-state index < -0.39 is 0 Å². The molecule has 1 saturated carbocycles. The van der Waals surface area contributed by atoms with Crippen LogP contribution in [0.1, 0.15) is 46.7 Å². The number of carbonyl (C=O) groups is 2. The van der Waals surface area contributed by atoms with E-state index in [0.717, 1.165) is 54.3 Å². The lowest BCUT2D eigenvalue weighted by Crippen LogP contribution is -2.42. The second kappa shape index (κ2) is 8.60. The Morgan fingerprint density at radius 2 is 1.90 bits per heavy atom. The van der Waals surface area contributed by atoms with Crippen LogP contribution in [0.4, 0.5) is 0 Å². The number of hydrogen-bond donors (Lipinski definition) is 2. The summed E-state index contributed by atoms with van der Waals surface area (Å²) in [6, 6.07) is 16.2.